The summed E-state index contributed by atoms with van der Waals surface area (Å²) in [4.78, 5) is 26.4. The quantitative estimate of drug-likeness (QED) is 0.739. The zero-order valence-corrected chi connectivity index (χ0v) is 12.9. The number of nitrogens with zero attached hydrogens (tertiary/aromatic N) is 1. The van der Waals surface area contributed by atoms with E-state index in [-0.39, 0.29) is 17.7 Å². The minimum Gasteiger partial charge on any atom is -0.339 e. The minimum absolute atomic E-state index is 0.172. The highest BCUT2D eigenvalue weighted by atomic mass is 16.2. The summed E-state index contributed by atoms with van der Waals surface area (Å²) in [5.41, 5.74) is 0. The molecular formula is C17H29NO2. The van der Waals surface area contributed by atoms with Gasteiger partial charge in [-0.2, -0.15) is 0 Å². The van der Waals surface area contributed by atoms with E-state index in [4.69, 9.17) is 0 Å². The van der Waals surface area contributed by atoms with E-state index in [2.05, 4.69) is 4.90 Å². The summed E-state index contributed by atoms with van der Waals surface area (Å²) in [6, 6.07) is 0.172. The van der Waals surface area contributed by atoms with Crippen molar-refractivity contribution >= 4 is 11.7 Å². The van der Waals surface area contributed by atoms with Crippen LogP contribution in [-0.2, 0) is 9.59 Å². The van der Waals surface area contributed by atoms with Crippen molar-refractivity contribution in [3.63, 3.8) is 0 Å². The Kier molecular flexibility index (Phi) is 6.06. The van der Waals surface area contributed by atoms with Gasteiger partial charge in [0.1, 0.15) is 5.78 Å². The van der Waals surface area contributed by atoms with Crippen molar-refractivity contribution in [3.05, 3.63) is 0 Å². The number of likely N-dealkylation sites (tertiary alicyclic amines) is 1. The fraction of sp³-hybridized carbons (Fsp3) is 0.882. The molecule has 1 atom stereocenters. The number of hydrogen-bond donors (Lipinski definition) is 0. The van der Waals surface area contributed by atoms with Gasteiger partial charge in [0.25, 0.3) is 0 Å². The van der Waals surface area contributed by atoms with Gasteiger partial charge in [-0.1, -0.05) is 38.5 Å². The average Bonchev–Trinajstić information content (AvgIpc) is 2.79. The Morgan fingerprint density at radius 2 is 1.50 bits per heavy atom. The first kappa shape index (κ1) is 15.5. The molecule has 0 aromatic rings. The Bertz CT molecular complexity index is 332. The molecule has 0 radical (unpaired) electrons. The predicted molar refractivity (Wildman–Crippen MR) is 80.5 cm³/mol. The van der Waals surface area contributed by atoms with Crippen LogP contribution in [-0.4, -0.2) is 29.2 Å². The van der Waals surface area contributed by atoms with E-state index in [9.17, 15) is 9.59 Å². The topological polar surface area (TPSA) is 37.4 Å². The molecule has 2 rings (SSSR count). The number of rotatable bonds is 3. The summed E-state index contributed by atoms with van der Waals surface area (Å²) in [6.45, 7) is 2.52. The van der Waals surface area contributed by atoms with E-state index in [1.54, 1.807) is 6.92 Å². The van der Waals surface area contributed by atoms with Crippen molar-refractivity contribution < 1.29 is 9.59 Å². The molecule has 3 heteroatoms. The Balaban J connectivity index is 2.03. The molecule has 1 saturated heterocycles. The van der Waals surface area contributed by atoms with Gasteiger partial charge in [-0.25, -0.2) is 0 Å². The first-order chi connectivity index (χ1) is 9.68. The van der Waals surface area contributed by atoms with Gasteiger partial charge in [0, 0.05) is 24.9 Å². The van der Waals surface area contributed by atoms with Crippen LogP contribution in [0.3, 0.4) is 0 Å². The summed E-state index contributed by atoms with van der Waals surface area (Å²) >= 11 is 0. The van der Waals surface area contributed by atoms with Gasteiger partial charge in [0.2, 0.25) is 5.91 Å². The lowest BCUT2D eigenvalue weighted by atomic mass is 9.96. The maximum absolute atomic E-state index is 12.9. The molecule has 3 nitrogen and oxygen atoms in total. The molecule has 1 unspecified atom stereocenters. The zero-order chi connectivity index (χ0) is 14.4. The number of Topliss-reactive ketones (excluding diaryl/α,β-unsaturated/α-hetero) is 1. The van der Waals surface area contributed by atoms with Crippen LogP contribution in [0.1, 0.15) is 77.6 Å². The van der Waals surface area contributed by atoms with Crippen molar-refractivity contribution in [1.82, 2.24) is 4.90 Å². The third kappa shape index (κ3) is 4.32. The number of ketones is 1. The second kappa shape index (κ2) is 7.80. The molecule has 1 aliphatic heterocycles. The summed E-state index contributed by atoms with van der Waals surface area (Å²) in [5.74, 6) is 0.792. The molecule has 2 fully saturated rings. The molecule has 0 spiro atoms. The van der Waals surface area contributed by atoms with Crippen LogP contribution in [0.25, 0.3) is 0 Å². The van der Waals surface area contributed by atoms with Crippen LogP contribution in [0.2, 0.25) is 0 Å². The van der Waals surface area contributed by atoms with Gasteiger partial charge in [0.05, 0.1) is 0 Å². The largest absolute Gasteiger partial charge is 0.339 e. The number of carbonyl (C=O) groups is 2. The minimum atomic E-state index is 0.172. The van der Waals surface area contributed by atoms with Crippen LogP contribution in [0.5, 0.6) is 0 Å². The molecule has 1 heterocycles. The van der Waals surface area contributed by atoms with Gasteiger partial charge < -0.3 is 4.90 Å². The van der Waals surface area contributed by atoms with E-state index < -0.39 is 0 Å². The predicted octanol–water partition coefficient (Wildman–Crippen LogP) is 3.71. The molecule has 0 N–H and O–H groups in total. The standard InChI is InChI=1S/C17H29NO2/c1-14(19)13-16-11-7-4-8-12-18(16)17(20)15-9-5-2-3-6-10-15/h15-16H,2-13H2,1H3. The fourth-order valence-electron chi connectivity index (χ4n) is 3.77. The summed E-state index contributed by atoms with van der Waals surface area (Å²) in [6.07, 6.45) is 12.1. The highest BCUT2D eigenvalue weighted by molar-refractivity contribution is 5.81. The van der Waals surface area contributed by atoms with Gasteiger partial charge >= 0.3 is 0 Å². The summed E-state index contributed by atoms with van der Waals surface area (Å²) < 4.78 is 0. The molecule has 0 aromatic carbocycles. The van der Waals surface area contributed by atoms with Gasteiger partial charge in [-0.05, 0) is 32.6 Å². The van der Waals surface area contributed by atoms with Crippen molar-refractivity contribution in [2.24, 2.45) is 5.92 Å². The first-order valence-corrected chi connectivity index (χ1v) is 8.48. The van der Waals surface area contributed by atoms with Crippen LogP contribution in [0.15, 0.2) is 0 Å². The molecule has 1 saturated carbocycles. The third-order valence-corrected chi connectivity index (χ3v) is 4.89. The van der Waals surface area contributed by atoms with Crippen molar-refractivity contribution in [1.29, 1.82) is 0 Å². The lowest BCUT2D eigenvalue weighted by Crippen LogP contribution is -2.44. The lowest BCUT2D eigenvalue weighted by Gasteiger charge is -2.32. The second-order valence-electron chi connectivity index (χ2n) is 6.63. The van der Waals surface area contributed by atoms with E-state index in [0.717, 1.165) is 38.6 Å². The Morgan fingerprint density at radius 3 is 2.15 bits per heavy atom. The molecular weight excluding hydrogens is 250 g/mol. The summed E-state index contributed by atoms with van der Waals surface area (Å²) in [7, 11) is 0. The molecule has 0 bridgehead atoms. The van der Waals surface area contributed by atoms with E-state index in [1.807, 2.05) is 0 Å². The second-order valence-corrected chi connectivity index (χ2v) is 6.63. The van der Waals surface area contributed by atoms with Crippen LogP contribution in [0.4, 0.5) is 0 Å². The first-order valence-electron chi connectivity index (χ1n) is 8.48. The van der Waals surface area contributed by atoms with Crippen molar-refractivity contribution in [2.45, 2.75) is 83.6 Å². The average molecular weight is 279 g/mol. The maximum atomic E-state index is 12.9. The van der Waals surface area contributed by atoms with Gasteiger partial charge in [-0.3, -0.25) is 9.59 Å². The summed E-state index contributed by atoms with van der Waals surface area (Å²) in [5, 5.41) is 0. The van der Waals surface area contributed by atoms with Crippen LogP contribution in [0, 0.1) is 5.92 Å². The molecule has 0 aromatic heterocycles. The van der Waals surface area contributed by atoms with Crippen molar-refractivity contribution in [3.8, 4) is 0 Å². The molecule has 1 amide bonds. The van der Waals surface area contributed by atoms with E-state index >= 15 is 0 Å². The maximum Gasteiger partial charge on any atom is 0.225 e. The Labute approximate surface area is 123 Å². The van der Waals surface area contributed by atoms with Crippen LogP contribution < -0.4 is 0 Å². The normalized spacial score (nSPS) is 25.9. The number of hydrogen-bond acceptors (Lipinski definition) is 2. The number of carbonyl (C=O) groups excluding carboxylic acids is 2. The van der Waals surface area contributed by atoms with Gasteiger partial charge in [-0.15, -0.1) is 0 Å². The van der Waals surface area contributed by atoms with E-state index in [1.165, 1.54) is 32.1 Å². The SMILES string of the molecule is CC(=O)CC1CCCCCN1C(=O)C1CCCCCC1. The molecule has 20 heavy (non-hydrogen) atoms. The number of amides is 1. The van der Waals surface area contributed by atoms with Gasteiger partial charge in [0.15, 0.2) is 0 Å². The molecule has 114 valence electrons. The van der Waals surface area contributed by atoms with Crippen molar-refractivity contribution in [2.75, 3.05) is 6.54 Å². The highest BCUT2D eigenvalue weighted by Gasteiger charge is 2.31. The Morgan fingerprint density at radius 1 is 0.900 bits per heavy atom. The molecule has 2 aliphatic rings. The zero-order valence-electron chi connectivity index (χ0n) is 12.9. The lowest BCUT2D eigenvalue weighted by molar-refractivity contribution is -0.139. The fourth-order valence-corrected chi connectivity index (χ4v) is 3.77. The smallest absolute Gasteiger partial charge is 0.225 e. The van der Waals surface area contributed by atoms with Crippen LogP contribution >= 0.6 is 0 Å². The highest BCUT2D eigenvalue weighted by Crippen LogP contribution is 2.28. The monoisotopic (exact) mass is 279 g/mol. The third-order valence-electron chi connectivity index (χ3n) is 4.89. The Hall–Kier alpha value is -0.860. The van der Waals surface area contributed by atoms with E-state index in [0.29, 0.717) is 12.3 Å². The molecule has 1 aliphatic carbocycles.